The molecule has 3 heteroatoms. The second-order valence-corrected chi connectivity index (χ2v) is 6.83. The van der Waals surface area contributed by atoms with Crippen molar-refractivity contribution in [2.24, 2.45) is 0 Å². The summed E-state index contributed by atoms with van der Waals surface area (Å²) in [6.45, 7) is 5.92. The van der Waals surface area contributed by atoms with Crippen LogP contribution in [0.5, 0.6) is 0 Å². The normalized spacial score (nSPS) is 29.5. The number of hydrogen-bond donors (Lipinski definition) is 2. The van der Waals surface area contributed by atoms with Gasteiger partial charge in [0.25, 0.3) is 0 Å². The molecule has 3 nitrogen and oxygen atoms in total. The predicted octanol–water partition coefficient (Wildman–Crippen LogP) is 3.01. The van der Waals surface area contributed by atoms with E-state index in [2.05, 4.69) is 12.2 Å². The van der Waals surface area contributed by atoms with Crippen LogP contribution >= 0.6 is 0 Å². The highest BCUT2D eigenvalue weighted by atomic mass is 16.5. The molecule has 0 aromatic heterocycles. The summed E-state index contributed by atoms with van der Waals surface area (Å²) in [5.41, 5.74) is -0.409. The second kappa shape index (κ2) is 6.55. The molecule has 1 saturated carbocycles. The van der Waals surface area contributed by atoms with Crippen LogP contribution in [-0.2, 0) is 4.74 Å². The van der Waals surface area contributed by atoms with Crippen molar-refractivity contribution in [1.82, 2.24) is 5.32 Å². The molecule has 0 amide bonds. The third-order valence-corrected chi connectivity index (χ3v) is 4.86. The van der Waals surface area contributed by atoms with Crippen LogP contribution in [0, 0.1) is 0 Å². The van der Waals surface area contributed by atoms with Gasteiger partial charge in [-0.1, -0.05) is 26.2 Å². The highest BCUT2D eigenvalue weighted by Gasteiger charge is 2.42. The summed E-state index contributed by atoms with van der Waals surface area (Å²) >= 11 is 0. The molecule has 1 aliphatic carbocycles. The maximum atomic E-state index is 10.5. The highest BCUT2D eigenvalue weighted by molar-refractivity contribution is 4.93. The standard InChI is InChI=1S/C16H31NO2/c1-3-17-12-11-15(2,18)13-14-7-10-16(19-14)8-5-4-6-9-16/h14,17-18H,3-13H2,1-2H3. The molecule has 1 heterocycles. The van der Waals surface area contributed by atoms with Gasteiger partial charge in [-0.15, -0.1) is 0 Å². The van der Waals surface area contributed by atoms with Gasteiger partial charge in [0.1, 0.15) is 0 Å². The highest BCUT2D eigenvalue weighted by Crippen LogP contribution is 2.43. The van der Waals surface area contributed by atoms with Crippen molar-refractivity contribution in [1.29, 1.82) is 0 Å². The Morgan fingerprint density at radius 3 is 2.68 bits per heavy atom. The lowest BCUT2D eigenvalue weighted by atomic mass is 9.83. The van der Waals surface area contributed by atoms with Gasteiger partial charge in [0.15, 0.2) is 0 Å². The summed E-state index contributed by atoms with van der Waals surface area (Å²) in [5.74, 6) is 0. The van der Waals surface area contributed by atoms with Crippen LogP contribution in [-0.4, -0.2) is 35.5 Å². The number of hydrogen-bond acceptors (Lipinski definition) is 3. The molecule has 2 rings (SSSR count). The van der Waals surface area contributed by atoms with Gasteiger partial charge in [-0.25, -0.2) is 0 Å². The van der Waals surface area contributed by atoms with E-state index >= 15 is 0 Å². The molecule has 2 atom stereocenters. The van der Waals surface area contributed by atoms with E-state index in [1.165, 1.54) is 38.5 Å². The molecule has 2 aliphatic rings. The molecule has 19 heavy (non-hydrogen) atoms. The molecule has 1 spiro atoms. The largest absolute Gasteiger partial charge is 0.390 e. The van der Waals surface area contributed by atoms with Gasteiger partial charge in [0, 0.05) is 6.42 Å². The van der Waals surface area contributed by atoms with Gasteiger partial charge in [-0.05, 0) is 52.1 Å². The summed E-state index contributed by atoms with van der Waals surface area (Å²) in [7, 11) is 0. The summed E-state index contributed by atoms with van der Waals surface area (Å²) < 4.78 is 6.35. The Labute approximate surface area is 118 Å². The third kappa shape index (κ3) is 4.44. The lowest BCUT2D eigenvalue weighted by Gasteiger charge is -2.34. The zero-order valence-electron chi connectivity index (χ0n) is 12.7. The van der Waals surface area contributed by atoms with E-state index in [-0.39, 0.29) is 11.7 Å². The van der Waals surface area contributed by atoms with Crippen molar-refractivity contribution >= 4 is 0 Å². The van der Waals surface area contributed by atoms with Gasteiger partial charge < -0.3 is 15.2 Å². The Morgan fingerprint density at radius 1 is 1.26 bits per heavy atom. The first kappa shape index (κ1) is 15.3. The van der Waals surface area contributed by atoms with Crippen LogP contribution in [0.25, 0.3) is 0 Å². The average molecular weight is 269 g/mol. The fourth-order valence-corrected chi connectivity index (χ4v) is 3.73. The fraction of sp³-hybridized carbons (Fsp3) is 1.00. The van der Waals surface area contributed by atoms with Crippen LogP contribution in [0.15, 0.2) is 0 Å². The van der Waals surface area contributed by atoms with E-state index in [0.29, 0.717) is 0 Å². The minimum atomic E-state index is -0.590. The van der Waals surface area contributed by atoms with Crippen molar-refractivity contribution in [3.05, 3.63) is 0 Å². The molecular weight excluding hydrogens is 238 g/mol. The number of nitrogens with one attached hydrogen (secondary N) is 1. The number of ether oxygens (including phenoxy) is 1. The van der Waals surface area contributed by atoms with Crippen LogP contribution in [0.1, 0.15) is 71.6 Å². The first-order chi connectivity index (χ1) is 9.05. The SMILES string of the molecule is CCNCCC(C)(O)CC1CCC2(CCCCC2)O1. The maximum Gasteiger partial charge on any atom is 0.0687 e. The van der Waals surface area contributed by atoms with Crippen LogP contribution in [0.4, 0.5) is 0 Å². The number of aliphatic hydroxyl groups is 1. The van der Waals surface area contributed by atoms with Gasteiger partial charge >= 0.3 is 0 Å². The molecule has 0 bridgehead atoms. The molecule has 2 fully saturated rings. The lowest BCUT2D eigenvalue weighted by molar-refractivity contribution is -0.0905. The smallest absolute Gasteiger partial charge is 0.0687 e. The van der Waals surface area contributed by atoms with E-state index in [9.17, 15) is 5.11 Å². The fourth-order valence-electron chi connectivity index (χ4n) is 3.73. The molecule has 0 aromatic rings. The minimum absolute atomic E-state index is 0.181. The third-order valence-electron chi connectivity index (χ3n) is 4.86. The minimum Gasteiger partial charge on any atom is -0.390 e. The molecule has 2 N–H and O–H groups in total. The van der Waals surface area contributed by atoms with Crippen molar-refractivity contribution in [3.63, 3.8) is 0 Å². The maximum absolute atomic E-state index is 10.5. The summed E-state index contributed by atoms with van der Waals surface area (Å²) in [6.07, 6.45) is 10.7. The molecule has 112 valence electrons. The molecule has 1 aliphatic heterocycles. The Kier molecular flexibility index (Phi) is 5.27. The predicted molar refractivity (Wildman–Crippen MR) is 78.3 cm³/mol. The molecule has 0 radical (unpaired) electrons. The van der Waals surface area contributed by atoms with Gasteiger partial charge in [0.05, 0.1) is 17.3 Å². The monoisotopic (exact) mass is 269 g/mol. The van der Waals surface area contributed by atoms with Crippen molar-refractivity contribution < 1.29 is 9.84 Å². The van der Waals surface area contributed by atoms with Crippen molar-refractivity contribution in [2.45, 2.75) is 88.9 Å². The first-order valence-electron chi connectivity index (χ1n) is 8.16. The van der Waals surface area contributed by atoms with Crippen LogP contribution in [0.2, 0.25) is 0 Å². The van der Waals surface area contributed by atoms with E-state index in [1.807, 2.05) is 6.92 Å². The lowest BCUT2D eigenvalue weighted by Crippen LogP contribution is -2.36. The quantitative estimate of drug-likeness (QED) is 0.728. The van der Waals surface area contributed by atoms with Crippen molar-refractivity contribution in [3.8, 4) is 0 Å². The Morgan fingerprint density at radius 2 is 2.00 bits per heavy atom. The molecule has 1 saturated heterocycles. The van der Waals surface area contributed by atoms with Crippen LogP contribution in [0.3, 0.4) is 0 Å². The molecule has 0 aromatic carbocycles. The summed E-state index contributed by atoms with van der Waals surface area (Å²) in [5, 5.41) is 13.8. The Bertz CT molecular complexity index is 272. The van der Waals surface area contributed by atoms with Crippen LogP contribution < -0.4 is 5.32 Å². The van der Waals surface area contributed by atoms with Gasteiger partial charge in [-0.3, -0.25) is 0 Å². The van der Waals surface area contributed by atoms with E-state index in [0.717, 1.165) is 32.4 Å². The van der Waals surface area contributed by atoms with E-state index in [1.54, 1.807) is 0 Å². The second-order valence-electron chi connectivity index (χ2n) is 6.83. The summed E-state index contributed by atoms with van der Waals surface area (Å²) in [4.78, 5) is 0. The number of rotatable bonds is 6. The Hall–Kier alpha value is -0.120. The zero-order chi connectivity index (χ0) is 13.8. The van der Waals surface area contributed by atoms with E-state index < -0.39 is 5.60 Å². The first-order valence-corrected chi connectivity index (χ1v) is 8.16. The van der Waals surface area contributed by atoms with Gasteiger partial charge in [0.2, 0.25) is 0 Å². The summed E-state index contributed by atoms with van der Waals surface area (Å²) in [6, 6.07) is 0. The van der Waals surface area contributed by atoms with Crippen molar-refractivity contribution in [2.75, 3.05) is 13.1 Å². The van der Waals surface area contributed by atoms with Gasteiger partial charge in [-0.2, -0.15) is 0 Å². The molecule has 2 unspecified atom stereocenters. The van der Waals surface area contributed by atoms with E-state index in [4.69, 9.17) is 4.74 Å². The average Bonchev–Trinajstić information content (AvgIpc) is 2.72. The zero-order valence-corrected chi connectivity index (χ0v) is 12.7. The molecular formula is C16H31NO2. The Balaban J connectivity index is 1.77. The topological polar surface area (TPSA) is 41.5 Å².